The van der Waals surface area contributed by atoms with Crippen LogP contribution in [0.15, 0.2) is 18.2 Å². The maximum Gasteiger partial charge on any atom is 0.254 e. The number of benzene rings is 1. The minimum atomic E-state index is 0.128. The lowest BCUT2D eigenvalue weighted by molar-refractivity contribution is 0.0645. The van der Waals surface area contributed by atoms with Crippen LogP contribution in [0.3, 0.4) is 0 Å². The van der Waals surface area contributed by atoms with Crippen LogP contribution in [0.1, 0.15) is 36.0 Å². The number of fused-ring (bicyclic) bond motifs is 1. The standard InChI is InChI=1S/C19H26N2O3S/c22-19(15-5-6-17-18(11-15)24-14-23-17)21-9-4-10-25-13-16(21)12-20-7-2-1-3-8-20/h5-6,11,16H,1-4,7-10,12-14H2. The summed E-state index contributed by atoms with van der Waals surface area (Å²) in [6, 6.07) is 5.84. The van der Waals surface area contributed by atoms with Crippen molar-refractivity contribution in [3.05, 3.63) is 23.8 Å². The molecule has 1 atom stereocenters. The number of carbonyl (C=O) groups excluding carboxylic acids is 1. The number of carbonyl (C=O) groups is 1. The van der Waals surface area contributed by atoms with Crippen LogP contribution in [0, 0.1) is 0 Å². The van der Waals surface area contributed by atoms with Crippen molar-refractivity contribution in [1.29, 1.82) is 0 Å². The van der Waals surface area contributed by atoms with E-state index in [1.165, 1.54) is 32.4 Å². The first-order chi connectivity index (χ1) is 12.3. The van der Waals surface area contributed by atoms with Gasteiger partial charge in [0, 0.05) is 24.4 Å². The summed E-state index contributed by atoms with van der Waals surface area (Å²) < 4.78 is 10.8. The molecule has 136 valence electrons. The highest BCUT2D eigenvalue weighted by Crippen LogP contribution is 2.33. The molecule has 1 aromatic rings. The van der Waals surface area contributed by atoms with Gasteiger partial charge in [0.25, 0.3) is 5.91 Å². The third-order valence-corrected chi connectivity index (χ3v) is 6.43. The predicted octanol–water partition coefficient (Wildman–Crippen LogP) is 2.85. The molecule has 0 bridgehead atoms. The number of ether oxygens (including phenoxy) is 2. The van der Waals surface area contributed by atoms with Crippen molar-refractivity contribution in [2.75, 3.05) is 44.5 Å². The van der Waals surface area contributed by atoms with Crippen molar-refractivity contribution in [2.24, 2.45) is 0 Å². The molecular weight excluding hydrogens is 336 g/mol. The molecular formula is C19H26N2O3S. The summed E-state index contributed by atoms with van der Waals surface area (Å²) in [4.78, 5) is 17.9. The summed E-state index contributed by atoms with van der Waals surface area (Å²) in [6.45, 7) is 4.44. The number of hydrogen-bond donors (Lipinski definition) is 0. The fraction of sp³-hybridized carbons (Fsp3) is 0.632. The third kappa shape index (κ3) is 3.90. The van der Waals surface area contributed by atoms with E-state index in [9.17, 15) is 4.79 Å². The Labute approximate surface area is 153 Å². The molecule has 3 heterocycles. The first-order valence-corrected chi connectivity index (χ1v) is 10.5. The Morgan fingerprint density at radius 2 is 1.92 bits per heavy atom. The highest BCUT2D eigenvalue weighted by atomic mass is 32.2. The van der Waals surface area contributed by atoms with E-state index in [4.69, 9.17) is 9.47 Å². The van der Waals surface area contributed by atoms with Crippen LogP contribution in [-0.2, 0) is 0 Å². The molecule has 1 unspecified atom stereocenters. The van der Waals surface area contributed by atoms with Crippen LogP contribution in [0.4, 0.5) is 0 Å². The summed E-state index contributed by atoms with van der Waals surface area (Å²) in [5.41, 5.74) is 0.708. The maximum atomic E-state index is 13.2. The van der Waals surface area contributed by atoms with Crippen molar-refractivity contribution in [1.82, 2.24) is 9.80 Å². The zero-order valence-electron chi connectivity index (χ0n) is 14.6. The number of rotatable bonds is 3. The van der Waals surface area contributed by atoms with Gasteiger partial charge in [-0.1, -0.05) is 6.42 Å². The second kappa shape index (κ2) is 7.87. The van der Waals surface area contributed by atoms with Gasteiger partial charge in [-0.15, -0.1) is 0 Å². The van der Waals surface area contributed by atoms with Crippen molar-refractivity contribution < 1.29 is 14.3 Å². The summed E-state index contributed by atoms with van der Waals surface area (Å²) in [5, 5.41) is 0. The fourth-order valence-corrected chi connectivity index (χ4v) is 4.94. The predicted molar refractivity (Wildman–Crippen MR) is 99.6 cm³/mol. The van der Waals surface area contributed by atoms with E-state index in [2.05, 4.69) is 9.80 Å². The Kier molecular flexibility index (Phi) is 5.36. The van der Waals surface area contributed by atoms with Crippen molar-refractivity contribution in [3.8, 4) is 11.5 Å². The quantitative estimate of drug-likeness (QED) is 0.827. The number of amides is 1. The van der Waals surface area contributed by atoms with Gasteiger partial charge >= 0.3 is 0 Å². The largest absolute Gasteiger partial charge is 0.454 e. The zero-order valence-corrected chi connectivity index (χ0v) is 15.4. The molecule has 0 radical (unpaired) electrons. The number of piperidine rings is 1. The molecule has 4 rings (SSSR count). The van der Waals surface area contributed by atoms with E-state index >= 15 is 0 Å². The van der Waals surface area contributed by atoms with Crippen LogP contribution in [0.2, 0.25) is 0 Å². The number of hydrogen-bond acceptors (Lipinski definition) is 5. The van der Waals surface area contributed by atoms with Gasteiger partial charge in [-0.3, -0.25) is 4.79 Å². The van der Waals surface area contributed by atoms with Crippen molar-refractivity contribution >= 4 is 17.7 Å². The van der Waals surface area contributed by atoms with Gasteiger partial charge in [-0.25, -0.2) is 0 Å². The van der Waals surface area contributed by atoms with Crippen LogP contribution in [-0.4, -0.2) is 66.2 Å². The second-order valence-corrected chi connectivity index (χ2v) is 8.16. The number of nitrogens with zero attached hydrogens (tertiary/aromatic N) is 2. The number of likely N-dealkylation sites (tertiary alicyclic amines) is 1. The molecule has 2 fully saturated rings. The summed E-state index contributed by atoms with van der Waals surface area (Å²) in [7, 11) is 0. The minimum absolute atomic E-state index is 0.128. The van der Waals surface area contributed by atoms with E-state index < -0.39 is 0 Å². The van der Waals surface area contributed by atoms with Crippen LogP contribution in [0.25, 0.3) is 0 Å². The summed E-state index contributed by atoms with van der Waals surface area (Å²) in [6.07, 6.45) is 4.99. The lowest BCUT2D eigenvalue weighted by Crippen LogP contribution is -2.49. The summed E-state index contributed by atoms with van der Waals surface area (Å²) in [5.74, 6) is 3.71. The average Bonchev–Trinajstić information content (AvgIpc) is 3.00. The van der Waals surface area contributed by atoms with Crippen LogP contribution in [0.5, 0.6) is 11.5 Å². The highest BCUT2D eigenvalue weighted by Gasteiger charge is 2.29. The Bertz CT molecular complexity index is 619. The third-order valence-electron chi connectivity index (χ3n) is 5.24. The molecule has 25 heavy (non-hydrogen) atoms. The van der Waals surface area contributed by atoms with E-state index in [1.807, 2.05) is 30.0 Å². The summed E-state index contributed by atoms with van der Waals surface area (Å²) >= 11 is 1.98. The topological polar surface area (TPSA) is 42.0 Å². The van der Waals surface area contributed by atoms with Gasteiger partial charge in [-0.05, 0) is 56.3 Å². The van der Waals surface area contributed by atoms with Crippen LogP contribution >= 0.6 is 11.8 Å². The van der Waals surface area contributed by atoms with Gasteiger partial charge in [0.1, 0.15) is 0 Å². The van der Waals surface area contributed by atoms with Gasteiger partial charge in [-0.2, -0.15) is 11.8 Å². The first-order valence-electron chi connectivity index (χ1n) is 9.32. The Morgan fingerprint density at radius 3 is 2.80 bits per heavy atom. The molecule has 3 aliphatic heterocycles. The highest BCUT2D eigenvalue weighted by molar-refractivity contribution is 7.99. The van der Waals surface area contributed by atoms with E-state index in [0.717, 1.165) is 36.8 Å². The van der Waals surface area contributed by atoms with Crippen molar-refractivity contribution in [3.63, 3.8) is 0 Å². The zero-order chi connectivity index (χ0) is 17.1. The van der Waals surface area contributed by atoms with E-state index in [0.29, 0.717) is 17.4 Å². The SMILES string of the molecule is O=C(c1ccc2c(c1)OCO2)N1CCCSCC1CN1CCCCC1. The minimum Gasteiger partial charge on any atom is -0.454 e. The molecule has 0 aliphatic carbocycles. The monoisotopic (exact) mass is 362 g/mol. The Balaban J connectivity index is 1.50. The maximum absolute atomic E-state index is 13.2. The van der Waals surface area contributed by atoms with Crippen molar-refractivity contribution in [2.45, 2.75) is 31.7 Å². The Hall–Kier alpha value is -1.40. The average molecular weight is 362 g/mol. The van der Waals surface area contributed by atoms with E-state index in [1.54, 1.807) is 0 Å². The molecule has 1 aromatic carbocycles. The van der Waals surface area contributed by atoms with E-state index in [-0.39, 0.29) is 12.7 Å². The normalized spacial score (nSPS) is 24.2. The molecule has 5 nitrogen and oxygen atoms in total. The molecule has 0 aromatic heterocycles. The first kappa shape index (κ1) is 17.0. The molecule has 1 amide bonds. The van der Waals surface area contributed by atoms with Gasteiger partial charge in [0.2, 0.25) is 6.79 Å². The molecule has 2 saturated heterocycles. The molecule has 0 N–H and O–H groups in total. The Morgan fingerprint density at radius 1 is 1.08 bits per heavy atom. The smallest absolute Gasteiger partial charge is 0.254 e. The fourth-order valence-electron chi connectivity index (χ4n) is 3.88. The van der Waals surface area contributed by atoms with Gasteiger partial charge < -0.3 is 19.3 Å². The molecule has 3 aliphatic rings. The molecule has 0 saturated carbocycles. The lowest BCUT2D eigenvalue weighted by atomic mass is 10.1. The van der Waals surface area contributed by atoms with Gasteiger partial charge in [0.15, 0.2) is 11.5 Å². The second-order valence-electron chi connectivity index (χ2n) is 7.01. The molecule has 6 heteroatoms. The van der Waals surface area contributed by atoms with Gasteiger partial charge in [0.05, 0.1) is 6.04 Å². The lowest BCUT2D eigenvalue weighted by Gasteiger charge is -2.35. The molecule has 0 spiro atoms. The van der Waals surface area contributed by atoms with Crippen LogP contribution < -0.4 is 9.47 Å². The number of thioether (sulfide) groups is 1.